The van der Waals surface area contributed by atoms with Gasteiger partial charge >= 0.3 is 236 Å². The van der Waals surface area contributed by atoms with Crippen molar-refractivity contribution in [3.8, 4) is 0 Å². The first kappa shape index (κ1) is 30.3. The number of carbonyl (C=O) groups excluding carboxylic acids is 2. The van der Waals surface area contributed by atoms with Crippen molar-refractivity contribution in [3.63, 3.8) is 0 Å². The Hall–Kier alpha value is -2.25. The van der Waals surface area contributed by atoms with Crippen LogP contribution in [0.3, 0.4) is 0 Å². The van der Waals surface area contributed by atoms with E-state index in [2.05, 4.69) is 0 Å². The van der Waals surface area contributed by atoms with Gasteiger partial charge in [0.2, 0.25) is 0 Å². The molecule has 8 heteroatoms. The molecule has 2 aromatic carbocycles. The summed E-state index contributed by atoms with van der Waals surface area (Å²) in [4.78, 5) is 28.2. The fraction of sp³-hybridized carbons (Fsp3) is 0.467. The number of benzene rings is 2. The zero-order valence-corrected chi connectivity index (χ0v) is 25.6. The molecule has 0 spiro atoms. The van der Waals surface area contributed by atoms with E-state index in [0.717, 1.165) is 22.9 Å². The molecule has 1 aliphatic carbocycles. The number of methoxy groups -OCH3 is 3. The number of carbonyl (C=O) groups is 2. The molecular weight excluding hydrogens is 567 g/mol. The Morgan fingerprint density at radius 1 is 1.00 bits per heavy atom. The molecule has 0 radical (unpaired) electrons. The first-order valence-corrected chi connectivity index (χ1v) is 15.7. The van der Waals surface area contributed by atoms with Crippen molar-refractivity contribution in [1.82, 2.24) is 0 Å². The third-order valence-electron chi connectivity index (χ3n) is 7.00. The number of aryl methyl sites for hydroxylation is 1. The standard InChI is InChI=1S/C30H38O6SSe/c1-21-12-16-23(17-13-21)37(33)24(18-22-14-15-22)19-30(27(31)34-4,28(32)35-5)20-26(29(2,3)36-6)38-25-10-8-7-9-11-25/h7-13,16-18,22,26H,14-15,19-20H2,1-6H3/b24-18-. The second kappa shape index (κ2) is 13.2. The summed E-state index contributed by atoms with van der Waals surface area (Å²) in [7, 11) is 2.64. The van der Waals surface area contributed by atoms with Gasteiger partial charge in [0, 0.05) is 0 Å². The van der Waals surface area contributed by atoms with Gasteiger partial charge in [0.05, 0.1) is 0 Å². The second-order valence-corrected chi connectivity index (χ2v) is 14.4. The van der Waals surface area contributed by atoms with Crippen molar-refractivity contribution in [2.24, 2.45) is 11.3 Å². The van der Waals surface area contributed by atoms with E-state index in [0.29, 0.717) is 9.80 Å². The topological polar surface area (TPSA) is 78.9 Å². The number of hydrogen-bond donors (Lipinski definition) is 0. The molecule has 2 atom stereocenters. The molecule has 1 saturated carbocycles. The number of esters is 2. The molecule has 1 fully saturated rings. The average molecular weight is 606 g/mol. The minimum atomic E-state index is -1.68. The molecule has 0 amide bonds. The van der Waals surface area contributed by atoms with Crippen molar-refractivity contribution < 1.29 is 28.0 Å². The van der Waals surface area contributed by atoms with E-state index in [1.54, 1.807) is 7.11 Å². The van der Waals surface area contributed by atoms with E-state index in [1.807, 2.05) is 81.4 Å². The van der Waals surface area contributed by atoms with E-state index < -0.39 is 33.8 Å². The van der Waals surface area contributed by atoms with Crippen LogP contribution in [0.2, 0.25) is 4.82 Å². The van der Waals surface area contributed by atoms with E-state index in [1.165, 1.54) is 14.2 Å². The summed E-state index contributed by atoms with van der Waals surface area (Å²) >= 11 is -0.148. The van der Waals surface area contributed by atoms with Gasteiger partial charge in [-0.2, -0.15) is 0 Å². The summed E-state index contributed by atoms with van der Waals surface area (Å²) in [6, 6.07) is 17.5. The van der Waals surface area contributed by atoms with Crippen LogP contribution in [0.1, 0.15) is 45.1 Å². The molecule has 38 heavy (non-hydrogen) atoms. The molecule has 2 unspecified atom stereocenters. The van der Waals surface area contributed by atoms with Crippen LogP contribution in [0.5, 0.6) is 0 Å². The summed E-state index contributed by atoms with van der Waals surface area (Å²) in [6.45, 7) is 5.90. The van der Waals surface area contributed by atoms with Gasteiger partial charge in [-0.05, 0) is 0 Å². The average Bonchev–Trinajstić information content (AvgIpc) is 3.75. The molecule has 0 N–H and O–H groups in total. The molecule has 0 saturated heterocycles. The van der Waals surface area contributed by atoms with Gasteiger partial charge < -0.3 is 0 Å². The third-order valence-corrected chi connectivity index (χ3v) is 11.7. The number of rotatable bonds is 13. The number of allylic oxidation sites excluding steroid dienone is 2. The summed E-state index contributed by atoms with van der Waals surface area (Å²) in [5.41, 5.74) is -1.27. The van der Waals surface area contributed by atoms with E-state index >= 15 is 0 Å². The third kappa shape index (κ3) is 7.44. The van der Waals surface area contributed by atoms with Crippen LogP contribution in [0, 0.1) is 18.3 Å². The Labute approximate surface area is 235 Å². The number of ether oxygens (including phenoxy) is 3. The Kier molecular flexibility index (Phi) is 10.5. The zero-order valence-electron chi connectivity index (χ0n) is 23.0. The van der Waals surface area contributed by atoms with Crippen molar-refractivity contribution >= 4 is 42.2 Å². The number of hydrogen-bond acceptors (Lipinski definition) is 6. The molecule has 0 aromatic heterocycles. The van der Waals surface area contributed by atoms with E-state index in [9.17, 15) is 13.8 Å². The molecule has 3 rings (SSSR count). The van der Waals surface area contributed by atoms with Gasteiger partial charge in [0.1, 0.15) is 0 Å². The fourth-order valence-electron chi connectivity index (χ4n) is 4.22. The van der Waals surface area contributed by atoms with Gasteiger partial charge in [-0.25, -0.2) is 0 Å². The molecule has 6 nitrogen and oxygen atoms in total. The maximum atomic E-state index is 13.9. The van der Waals surface area contributed by atoms with Crippen LogP contribution in [-0.4, -0.2) is 58.0 Å². The monoisotopic (exact) mass is 606 g/mol. The summed E-state index contributed by atoms with van der Waals surface area (Å²) in [5, 5.41) is 0. The maximum absolute atomic E-state index is 13.9. The molecule has 0 bridgehead atoms. The fourth-order valence-corrected chi connectivity index (χ4v) is 8.52. The van der Waals surface area contributed by atoms with E-state index in [-0.39, 0.29) is 38.5 Å². The van der Waals surface area contributed by atoms with Crippen molar-refractivity contribution in [1.29, 1.82) is 0 Å². The van der Waals surface area contributed by atoms with Gasteiger partial charge in [-0.15, -0.1) is 0 Å². The van der Waals surface area contributed by atoms with Crippen molar-refractivity contribution in [3.05, 3.63) is 71.1 Å². The van der Waals surface area contributed by atoms with Gasteiger partial charge in [0.25, 0.3) is 0 Å². The van der Waals surface area contributed by atoms with Crippen LogP contribution in [0.4, 0.5) is 0 Å². The zero-order chi connectivity index (χ0) is 27.9. The van der Waals surface area contributed by atoms with Crippen LogP contribution < -0.4 is 4.46 Å². The van der Waals surface area contributed by atoms with Gasteiger partial charge in [0.15, 0.2) is 0 Å². The van der Waals surface area contributed by atoms with E-state index in [4.69, 9.17) is 14.2 Å². The summed E-state index contributed by atoms with van der Waals surface area (Å²) in [5.74, 6) is -1.09. The van der Waals surface area contributed by atoms with Crippen molar-refractivity contribution in [2.45, 2.75) is 61.8 Å². The van der Waals surface area contributed by atoms with Gasteiger partial charge in [-0.3, -0.25) is 0 Å². The summed E-state index contributed by atoms with van der Waals surface area (Å²) in [6.07, 6.45) is 4.05. The second-order valence-electron chi connectivity index (χ2n) is 10.2. The molecule has 0 aliphatic heterocycles. The Balaban J connectivity index is 2.10. The molecule has 206 valence electrons. The molecule has 1 aliphatic rings. The van der Waals surface area contributed by atoms with Crippen LogP contribution in [0.15, 0.2) is 70.5 Å². The molecule has 2 aromatic rings. The van der Waals surface area contributed by atoms with Crippen molar-refractivity contribution in [2.75, 3.05) is 21.3 Å². The SMILES string of the molecule is COC(=O)C(C/C(=C/C1CC1)S(=O)c1ccc(C)cc1)(CC([Se]c1ccccc1)C(C)(C)OC)C(=O)OC. The van der Waals surface area contributed by atoms with Crippen LogP contribution in [0.25, 0.3) is 0 Å². The first-order valence-electron chi connectivity index (χ1n) is 12.7. The quantitative estimate of drug-likeness (QED) is 0.186. The Morgan fingerprint density at radius 3 is 2.08 bits per heavy atom. The Morgan fingerprint density at radius 2 is 1.58 bits per heavy atom. The molecule has 0 heterocycles. The normalized spacial score (nSPS) is 16.0. The predicted molar refractivity (Wildman–Crippen MR) is 151 cm³/mol. The predicted octanol–water partition coefficient (Wildman–Crippen LogP) is 4.75. The Bertz CT molecular complexity index is 1140. The first-order chi connectivity index (χ1) is 18.1. The van der Waals surface area contributed by atoms with Gasteiger partial charge in [-0.1, -0.05) is 0 Å². The van der Waals surface area contributed by atoms with Crippen LogP contribution >= 0.6 is 0 Å². The minimum absolute atomic E-state index is 0.0511. The molecular formula is C30H38O6SSe. The van der Waals surface area contributed by atoms with Crippen LogP contribution in [-0.2, 0) is 34.6 Å². The summed E-state index contributed by atoms with van der Waals surface area (Å²) < 4.78 is 31.4.